The number of primary amides is 1. The smallest absolute Gasteiger partial charge is 0.244 e. The van der Waals surface area contributed by atoms with E-state index in [0.717, 1.165) is 25.2 Å². The molecule has 0 aromatic carbocycles. The molecule has 4 N–H and O–H groups in total. The van der Waals surface area contributed by atoms with Gasteiger partial charge in [0, 0.05) is 24.7 Å². The number of fused-ring (bicyclic) bond motifs is 1. The molecule has 0 spiro atoms. The van der Waals surface area contributed by atoms with Crippen LogP contribution in [0.5, 0.6) is 0 Å². The molecule has 0 aromatic rings. The summed E-state index contributed by atoms with van der Waals surface area (Å²) in [6, 6.07) is 0. The molecule has 2 saturated heterocycles. The maximum absolute atomic E-state index is 11.5. The second kappa shape index (κ2) is 2.07. The molecule has 1 aliphatic carbocycles. The van der Waals surface area contributed by atoms with Crippen molar-refractivity contribution in [3.63, 3.8) is 0 Å². The van der Waals surface area contributed by atoms with Crippen molar-refractivity contribution in [3.05, 3.63) is 11.8 Å². The standard InChI is InChI=1S/C9H13N3O/c10-8(13)9-6-1-5(3-12-9)2-7(9)11-4-6/h2,5-6,11-12H,1,3-4H2,(H2,10,13). The predicted molar refractivity (Wildman–Crippen MR) is 47.6 cm³/mol. The van der Waals surface area contributed by atoms with Gasteiger partial charge < -0.3 is 11.1 Å². The van der Waals surface area contributed by atoms with Gasteiger partial charge in [-0.25, -0.2) is 0 Å². The monoisotopic (exact) mass is 179 g/mol. The summed E-state index contributed by atoms with van der Waals surface area (Å²) >= 11 is 0. The normalized spacial score (nSPS) is 45.7. The van der Waals surface area contributed by atoms with E-state index in [-0.39, 0.29) is 5.91 Å². The van der Waals surface area contributed by atoms with E-state index in [1.54, 1.807) is 0 Å². The fourth-order valence-electron chi connectivity index (χ4n) is 2.96. The highest BCUT2D eigenvalue weighted by molar-refractivity contribution is 5.90. The third-order valence-electron chi connectivity index (χ3n) is 3.60. The summed E-state index contributed by atoms with van der Waals surface area (Å²) in [6.45, 7) is 1.78. The molecule has 3 heterocycles. The number of hydrogen-bond donors (Lipinski definition) is 3. The number of nitrogens with two attached hydrogens (primary N) is 1. The third kappa shape index (κ3) is 0.682. The van der Waals surface area contributed by atoms with Crippen LogP contribution in [0.15, 0.2) is 11.8 Å². The molecule has 4 rings (SSSR count). The summed E-state index contributed by atoms with van der Waals surface area (Å²) < 4.78 is 0. The van der Waals surface area contributed by atoms with Gasteiger partial charge >= 0.3 is 0 Å². The van der Waals surface area contributed by atoms with E-state index in [4.69, 9.17) is 5.73 Å². The zero-order valence-corrected chi connectivity index (χ0v) is 7.34. The first kappa shape index (κ1) is 7.38. The summed E-state index contributed by atoms with van der Waals surface area (Å²) in [4.78, 5) is 11.5. The molecule has 4 bridgehead atoms. The first-order valence-electron chi connectivity index (χ1n) is 4.74. The van der Waals surface area contributed by atoms with Gasteiger partial charge in [-0.3, -0.25) is 10.1 Å². The van der Waals surface area contributed by atoms with E-state index in [1.807, 2.05) is 0 Å². The van der Waals surface area contributed by atoms with Gasteiger partial charge in [0.15, 0.2) is 0 Å². The molecule has 0 aromatic heterocycles. The zero-order chi connectivity index (χ0) is 9.05. The van der Waals surface area contributed by atoms with Crippen LogP contribution in [0.4, 0.5) is 0 Å². The Hall–Kier alpha value is -1.03. The highest BCUT2D eigenvalue weighted by Crippen LogP contribution is 2.43. The van der Waals surface area contributed by atoms with Crippen molar-refractivity contribution in [3.8, 4) is 0 Å². The van der Waals surface area contributed by atoms with Crippen LogP contribution in [-0.2, 0) is 4.79 Å². The van der Waals surface area contributed by atoms with Crippen molar-refractivity contribution >= 4 is 5.91 Å². The molecule has 3 atom stereocenters. The van der Waals surface area contributed by atoms with Crippen LogP contribution in [0.1, 0.15) is 6.42 Å². The van der Waals surface area contributed by atoms with Crippen molar-refractivity contribution in [2.45, 2.75) is 12.0 Å². The Morgan fingerprint density at radius 3 is 3.08 bits per heavy atom. The van der Waals surface area contributed by atoms with Gasteiger partial charge in [-0.15, -0.1) is 0 Å². The summed E-state index contributed by atoms with van der Waals surface area (Å²) in [5.41, 5.74) is 5.95. The molecular weight excluding hydrogens is 166 g/mol. The summed E-state index contributed by atoms with van der Waals surface area (Å²) in [5.74, 6) is 0.729. The number of rotatable bonds is 1. The van der Waals surface area contributed by atoms with E-state index in [9.17, 15) is 4.79 Å². The van der Waals surface area contributed by atoms with Gasteiger partial charge in [0.05, 0.1) is 0 Å². The molecule has 4 aliphatic rings. The number of carbonyl (C=O) groups excluding carboxylic acids is 1. The maximum atomic E-state index is 11.5. The van der Waals surface area contributed by atoms with Gasteiger partial charge in [-0.2, -0.15) is 0 Å². The number of hydrogen-bond acceptors (Lipinski definition) is 3. The predicted octanol–water partition coefficient (Wildman–Crippen LogP) is -1.06. The molecule has 3 aliphatic heterocycles. The molecule has 70 valence electrons. The van der Waals surface area contributed by atoms with Crippen LogP contribution in [0.3, 0.4) is 0 Å². The Bertz CT molecular complexity index is 312. The Labute approximate surface area is 76.6 Å². The van der Waals surface area contributed by atoms with E-state index >= 15 is 0 Å². The maximum Gasteiger partial charge on any atom is 0.244 e. The zero-order valence-electron chi connectivity index (χ0n) is 7.34. The average Bonchev–Trinajstić information content (AvgIpc) is 2.38. The number of amides is 1. The van der Waals surface area contributed by atoms with Crippen LogP contribution >= 0.6 is 0 Å². The SMILES string of the molecule is NC(=O)C12NCC3C=C1NCC2C3. The summed E-state index contributed by atoms with van der Waals surface area (Å²) in [6.07, 6.45) is 3.26. The minimum absolute atomic E-state index is 0.230. The largest absolute Gasteiger partial charge is 0.386 e. The van der Waals surface area contributed by atoms with Crippen LogP contribution in [-0.4, -0.2) is 24.5 Å². The second-order valence-electron chi connectivity index (χ2n) is 4.21. The fraction of sp³-hybridized carbons (Fsp3) is 0.667. The van der Waals surface area contributed by atoms with Crippen LogP contribution in [0.25, 0.3) is 0 Å². The van der Waals surface area contributed by atoms with E-state index in [0.29, 0.717) is 11.8 Å². The Balaban J connectivity index is 2.16. The lowest BCUT2D eigenvalue weighted by Gasteiger charge is -2.44. The van der Waals surface area contributed by atoms with Crippen molar-refractivity contribution < 1.29 is 4.79 Å². The van der Waals surface area contributed by atoms with Crippen molar-refractivity contribution in [1.29, 1.82) is 0 Å². The topological polar surface area (TPSA) is 67.2 Å². The quantitative estimate of drug-likeness (QED) is 0.480. The van der Waals surface area contributed by atoms with Crippen LogP contribution < -0.4 is 16.4 Å². The first-order chi connectivity index (χ1) is 6.23. The molecule has 4 nitrogen and oxygen atoms in total. The minimum Gasteiger partial charge on any atom is -0.386 e. The fourth-order valence-corrected chi connectivity index (χ4v) is 2.96. The molecule has 3 unspecified atom stereocenters. The van der Waals surface area contributed by atoms with Gasteiger partial charge in [-0.1, -0.05) is 6.08 Å². The Kier molecular flexibility index (Phi) is 1.17. The molecule has 0 radical (unpaired) electrons. The number of piperidine rings is 1. The Morgan fingerprint density at radius 1 is 1.62 bits per heavy atom. The number of nitrogens with one attached hydrogen (secondary N) is 2. The minimum atomic E-state index is -0.547. The molecule has 2 fully saturated rings. The molecule has 0 saturated carbocycles. The third-order valence-corrected chi connectivity index (χ3v) is 3.60. The molecule has 13 heavy (non-hydrogen) atoms. The van der Waals surface area contributed by atoms with E-state index in [2.05, 4.69) is 16.7 Å². The number of carbonyl (C=O) groups is 1. The lowest BCUT2D eigenvalue weighted by atomic mass is 9.70. The highest BCUT2D eigenvalue weighted by Gasteiger charge is 2.57. The lowest BCUT2D eigenvalue weighted by Crippen LogP contribution is -2.65. The molecule has 1 amide bonds. The Morgan fingerprint density at radius 2 is 2.46 bits per heavy atom. The van der Waals surface area contributed by atoms with Crippen LogP contribution in [0.2, 0.25) is 0 Å². The first-order valence-corrected chi connectivity index (χ1v) is 4.74. The van der Waals surface area contributed by atoms with E-state index in [1.165, 1.54) is 0 Å². The van der Waals surface area contributed by atoms with E-state index < -0.39 is 5.54 Å². The van der Waals surface area contributed by atoms with Crippen LogP contribution in [0, 0.1) is 11.8 Å². The average molecular weight is 179 g/mol. The van der Waals surface area contributed by atoms with Crippen molar-refractivity contribution in [1.82, 2.24) is 10.6 Å². The second-order valence-corrected chi connectivity index (χ2v) is 4.21. The van der Waals surface area contributed by atoms with Crippen molar-refractivity contribution in [2.75, 3.05) is 13.1 Å². The van der Waals surface area contributed by atoms with Gasteiger partial charge in [-0.05, 0) is 12.3 Å². The highest BCUT2D eigenvalue weighted by atomic mass is 16.1. The lowest BCUT2D eigenvalue weighted by molar-refractivity contribution is -0.125. The van der Waals surface area contributed by atoms with Crippen molar-refractivity contribution in [2.24, 2.45) is 17.6 Å². The molecule has 4 heteroatoms. The van der Waals surface area contributed by atoms with Gasteiger partial charge in [0.2, 0.25) is 5.91 Å². The van der Waals surface area contributed by atoms with Gasteiger partial charge in [0.1, 0.15) is 5.54 Å². The molecular formula is C9H13N3O. The summed E-state index contributed by atoms with van der Waals surface area (Å²) in [7, 11) is 0. The summed E-state index contributed by atoms with van der Waals surface area (Å²) in [5, 5.41) is 6.56. The van der Waals surface area contributed by atoms with Gasteiger partial charge in [0.25, 0.3) is 0 Å².